The Bertz CT molecular complexity index is 400. The van der Waals surface area contributed by atoms with E-state index < -0.39 is 0 Å². The number of phenols is 1. The molecule has 0 aliphatic rings. The lowest BCUT2D eigenvalue weighted by Gasteiger charge is -2.32. The van der Waals surface area contributed by atoms with Gasteiger partial charge in [-0.05, 0) is 40.1 Å². The molecule has 0 saturated heterocycles. The minimum atomic E-state index is -0.252. The normalized spacial score (nSPS) is 11.6. The number of rotatable bonds is 4. The second-order valence-corrected chi connectivity index (χ2v) is 4.91. The predicted octanol–water partition coefficient (Wildman–Crippen LogP) is 1.46. The number of hydrogen-bond donors (Lipinski definition) is 2. The molecule has 4 nitrogen and oxygen atoms in total. The molecule has 0 atom stereocenters. The van der Waals surface area contributed by atoms with Gasteiger partial charge in [-0.15, -0.1) is 0 Å². The maximum Gasteiger partial charge on any atom is 0.255 e. The molecule has 4 heteroatoms. The summed E-state index contributed by atoms with van der Waals surface area (Å²) in [5.41, 5.74) is 0.183. The summed E-state index contributed by atoms with van der Waals surface area (Å²) in [6.07, 6.45) is 0. The van der Waals surface area contributed by atoms with E-state index in [4.69, 9.17) is 0 Å². The summed E-state index contributed by atoms with van der Waals surface area (Å²) in [4.78, 5) is 13.9. The fourth-order valence-electron chi connectivity index (χ4n) is 1.22. The van der Waals surface area contributed by atoms with Gasteiger partial charge in [0.15, 0.2) is 0 Å². The van der Waals surface area contributed by atoms with Gasteiger partial charge in [0.25, 0.3) is 5.91 Å². The first-order valence-corrected chi connectivity index (χ1v) is 5.58. The van der Waals surface area contributed by atoms with E-state index in [0.717, 1.165) is 0 Å². The molecule has 0 aliphatic heterocycles. The molecule has 2 N–H and O–H groups in total. The molecule has 94 valence electrons. The molecule has 0 bridgehead atoms. The van der Waals surface area contributed by atoms with Gasteiger partial charge in [0.05, 0.1) is 5.56 Å². The molecule has 0 aromatic heterocycles. The molecule has 0 saturated carbocycles. The number of aromatic hydroxyl groups is 1. The van der Waals surface area contributed by atoms with Gasteiger partial charge >= 0.3 is 0 Å². The van der Waals surface area contributed by atoms with E-state index in [2.05, 4.69) is 5.32 Å². The van der Waals surface area contributed by atoms with Crippen molar-refractivity contribution in [3.8, 4) is 5.75 Å². The lowest BCUT2D eigenvalue weighted by atomic mass is 10.0. The van der Waals surface area contributed by atoms with Gasteiger partial charge in [-0.1, -0.05) is 12.1 Å². The molecular formula is C13H20N2O2. The molecule has 1 amide bonds. The summed E-state index contributed by atoms with van der Waals surface area (Å²) in [6.45, 7) is 4.60. The van der Waals surface area contributed by atoms with Crippen LogP contribution in [0.3, 0.4) is 0 Å². The first-order valence-electron chi connectivity index (χ1n) is 5.58. The number of benzene rings is 1. The van der Waals surface area contributed by atoms with Crippen LogP contribution in [0.1, 0.15) is 24.2 Å². The summed E-state index contributed by atoms with van der Waals surface area (Å²) in [5.74, 6) is -0.245. The zero-order valence-corrected chi connectivity index (χ0v) is 10.8. The van der Waals surface area contributed by atoms with E-state index in [-0.39, 0.29) is 17.2 Å². The maximum atomic E-state index is 11.8. The van der Waals surface area contributed by atoms with Crippen molar-refractivity contribution in [3.05, 3.63) is 29.8 Å². The zero-order valence-electron chi connectivity index (χ0n) is 10.8. The van der Waals surface area contributed by atoms with Crippen LogP contribution in [0.2, 0.25) is 0 Å². The molecule has 0 aliphatic carbocycles. The average molecular weight is 236 g/mol. The minimum Gasteiger partial charge on any atom is -0.507 e. The Hall–Kier alpha value is -1.55. The fraction of sp³-hybridized carbons (Fsp3) is 0.462. The van der Waals surface area contributed by atoms with Crippen molar-refractivity contribution < 1.29 is 9.90 Å². The number of amides is 1. The highest BCUT2D eigenvalue weighted by Gasteiger charge is 2.21. The minimum absolute atomic E-state index is 0.00709. The van der Waals surface area contributed by atoms with Gasteiger partial charge in [0, 0.05) is 12.1 Å². The van der Waals surface area contributed by atoms with Gasteiger partial charge in [0.1, 0.15) is 5.75 Å². The summed E-state index contributed by atoms with van der Waals surface area (Å²) in [7, 11) is 3.93. The van der Waals surface area contributed by atoms with Crippen LogP contribution in [-0.2, 0) is 0 Å². The Labute approximate surface area is 102 Å². The molecule has 1 aromatic carbocycles. The van der Waals surface area contributed by atoms with Gasteiger partial charge in [-0.25, -0.2) is 0 Å². The fourth-order valence-corrected chi connectivity index (χ4v) is 1.22. The number of hydrogen-bond acceptors (Lipinski definition) is 3. The van der Waals surface area contributed by atoms with E-state index in [9.17, 15) is 9.90 Å². The smallest absolute Gasteiger partial charge is 0.255 e. The van der Waals surface area contributed by atoms with Crippen molar-refractivity contribution >= 4 is 5.91 Å². The Morgan fingerprint density at radius 2 is 1.94 bits per heavy atom. The molecule has 0 fully saturated rings. The van der Waals surface area contributed by atoms with Crippen LogP contribution >= 0.6 is 0 Å². The Morgan fingerprint density at radius 3 is 2.47 bits per heavy atom. The molecular weight excluding hydrogens is 216 g/mol. The van der Waals surface area contributed by atoms with E-state index in [0.29, 0.717) is 12.1 Å². The molecule has 0 unspecified atom stereocenters. The number of nitrogens with zero attached hydrogens (tertiary/aromatic N) is 1. The standard InChI is InChI=1S/C13H20N2O2/c1-13(2,15(3)4)9-14-12(17)10-7-5-6-8-11(10)16/h5-8,16H,9H2,1-4H3,(H,14,17). The summed E-state index contributed by atoms with van der Waals surface area (Å²) >= 11 is 0. The molecule has 0 heterocycles. The van der Waals surface area contributed by atoms with Crippen molar-refractivity contribution in [2.24, 2.45) is 0 Å². The number of carbonyl (C=O) groups excluding carboxylic acids is 1. The second kappa shape index (κ2) is 5.19. The number of para-hydroxylation sites is 1. The third kappa shape index (κ3) is 3.46. The molecule has 0 spiro atoms. The molecule has 1 rings (SSSR count). The first kappa shape index (κ1) is 13.5. The van der Waals surface area contributed by atoms with Crippen LogP contribution in [0.5, 0.6) is 5.75 Å². The summed E-state index contributed by atoms with van der Waals surface area (Å²) < 4.78 is 0. The van der Waals surface area contributed by atoms with Crippen LogP contribution < -0.4 is 5.32 Å². The van der Waals surface area contributed by atoms with Crippen molar-refractivity contribution in [1.82, 2.24) is 10.2 Å². The van der Waals surface area contributed by atoms with E-state index in [1.165, 1.54) is 6.07 Å². The van der Waals surface area contributed by atoms with E-state index >= 15 is 0 Å². The number of phenolic OH excluding ortho intramolecular Hbond substituents is 1. The average Bonchev–Trinajstić information content (AvgIpc) is 2.26. The number of likely N-dealkylation sites (N-methyl/N-ethyl adjacent to an activating group) is 1. The van der Waals surface area contributed by atoms with Gasteiger partial charge in [-0.2, -0.15) is 0 Å². The van der Waals surface area contributed by atoms with Gasteiger partial charge in [0.2, 0.25) is 0 Å². The Kier molecular flexibility index (Phi) is 4.12. The Balaban J connectivity index is 2.66. The quantitative estimate of drug-likeness (QED) is 0.832. The highest BCUT2D eigenvalue weighted by Crippen LogP contribution is 2.15. The van der Waals surface area contributed by atoms with Gasteiger partial charge in [-0.3, -0.25) is 4.79 Å². The van der Waals surface area contributed by atoms with Crippen LogP contribution in [-0.4, -0.2) is 42.1 Å². The number of carbonyl (C=O) groups is 1. The Morgan fingerprint density at radius 1 is 1.35 bits per heavy atom. The van der Waals surface area contributed by atoms with Crippen molar-refractivity contribution in [3.63, 3.8) is 0 Å². The summed E-state index contributed by atoms with van der Waals surface area (Å²) in [5, 5.41) is 12.4. The third-order valence-electron chi connectivity index (χ3n) is 3.04. The predicted molar refractivity (Wildman–Crippen MR) is 68.2 cm³/mol. The van der Waals surface area contributed by atoms with Crippen molar-refractivity contribution in [2.75, 3.05) is 20.6 Å². The molecule has 1 aromatic rings. The largest absolute Gasteiger partial charge is 0.507 e. The number of nitrogens with one attached hydrogen (secondary N) is 1. The third-order valence-corrected chi connectivity index (χ3v) is 3.04. The van der Waals surface area contributed by atoms with Crippen LogP contribution in [0.4, 0.5) is 0 Å². The van der Waals surface area contributed by atoms with Crippen LogP contribution in [0.15, 0.2) is 24.3 Å². The zero-order chi connectivity index (χ0) is 13.1. The van der Waals surface area contributed by atoms with Crippen molar-refractivity contribution in [2.45, 2.75) is 19.4 Å². The topological polar surface area (TPSA) is 52.6 Å². The second-order valence-electron chi connectivity index (χ2n) is 4.91. The molecule has 17 heavy (non-hydrogen) atoms. The van der Waals surface area contributed by atoms with Crippen LogP contribution in [0, 0.1) is 0 Å². The SMILES string of the molecule is CN(C)C(C)(C)CNC(=O)c1ccccc1O. The highest BCUT2D eigenvalue weighted by atomic mass is 16.3. The lowest BCUT2D eigenvalue weighted by molar-refractivity contribution is 0.0917. The van der Waals surface area contributed by atoms with Gasteiger partial charge < -0.3 is 15.3 Å². The highest BCUT2D eigenvalue weighted by molar-refractivity contribution is 5.96. The summed E-state index contributed by atoms with van der Waals surface area (Å²) in [6, 6.07) is 6.53. The van der Waals surface area contributed by atoms with E-state index in [1.807, 2.05) is 32.8 Å². The van der Waals surface area contributed by atoms with E-state index in [1.54, 1.807) is 18.2 Å². The lowest BCUT2D eigenvalue weighted by Crippen LogP contribution is -2.48. The monoisotopic (exact) mass is 236 g/mol. The van der Waals surface area contributed by atoms with Crippen LogP contribution in [0.25, 0.3) is 0 Å². The maximum absolute atomic E-state index is 11.8. The van der Waals surface area contributed by atoms with Crippen molar-refractivity contribution in [1.29, 1.82) is 0 Å². The first-order chi connectivity index (χ1) is 7.84. The molecule has 0 radical (unpaired) electrons.